The Labute approximate surface area is 112 Å². The van der Waals surface area contributed by atoms with Crippen LogP contribution in [-0.2, 0) is 22.6 Å². The second-order valence-corrected chi connectivity index (χ2v) is 3.74. The number of alkyl carbamates (subject to hydrolysis) is 2. The predicted octanol–water partition coefficient (Wildman–Crippen LogP) is 1.79. The van der Waals surface area contributed by atoms with Gasteiger partial charge in [-0.1, -0.05) is 24.3 Å². The van der Waals surface area contributed by atoms with E-state index in [-0.39, 0.29) is 0 Å². The molecule has 0 bridgehead atoms. The van der Waals surface area contributed by atoms with Gasteiger partial charge in [-0.2, -0.15) is 0 Å². The Kier molecular flexibility index (Phi) is 6.21. The molecule has 1 aromatic carbocycles. The molecule has 0 radical (unpaired) electrons. The molecule has 6 heteroatoms. The highest BCUT2D eigenvalue weighted by atomic mass is 16.5. The molecule has 1 rings (SSSR count). The van der Waals surface area contributed by atoms with Gasteiger partial charge in [-0.05, 0) is 18.1 Å². The first-order valence-electron chi connectivity index (χ1n) is 5.96. The van der Waals surface area contributed by atoms with Gasteiger partial charge in [0.1, 0.15) is 0 Å². The van der Waals surface area contributed by atoms with Gasteiger partial charge in [0.25, 0.3) is 0 Å². The molecule has 2 amide bonds. The molecule has 0 fully saturated rings. The highest BCUT2D eigenvalue weighted by molar-refractivity contribution is 5.67. The number of carbonyl (C=O) groups is 2. The van der Waals surface area contributed by atoms with Crippen molar-refractivity contribution >= 4 is 12.2 Å². The van der Waals surface area contributed by atoms with Crippen molar-refractivity contribution in [3.05, 3.63) is 35.4 Å². The molecule has 0 unspecified atom stereocenters. The Morgan fingerprint density at radius 1 is 1.11 bits per heavy atom. The van der Waals surface area contributed by atoms with Crippen LogP contribution in [0.2, 0.25) is 0 Å². The minimum absolute atomic E-state index is 0.342. The Balaban J connectivity index is 2.47. The van der Waals surface area contributed by atoms with Gasteiger partial charge in [-0.15, -0.1) is 0 Å². The van der Waals surface area contributed by atoms with E-state index in [0.717, 1.165) is 11.1 Å². The summed E-state index contributed by atoms with van der Waals surface area (Å²) >= 11 is 0. The summed E-state index contributed by atoms with van der Waals surface area (Å²) in [4.78, 5) is 22.1. The topological polar surface area (TPSA) is 76.7 Å². The van der Waals surface area contributed by atoms with Crippen LogP contribution in [0.1, 0.15) is 18.1 Å². The molecule has 0 saturated heterocycles. The van der Waals surface area contributed by atoms with Crippen LogP contribution < -0.4 is 10.6 Å². The molecule has 104 valence electrons. The molecule has 0 aliphatic heterocycles. The van der Waals surface area contributed by atoms with E-state index in [9.17, 15) is 9.59 Å². The largest absolute Gasteiger partial charge is 0.453 e. The van der Waals surface area contributed by atoms with E-state index in [1.165, 1.54) is 7.11 Å². The fraction of sp³-hybridized carbons (Fsp3) is 0.385. The van der Waals surface area contributed by atoms with Gasteiger partial charge in [-0.3, -0.25) is 0 Å². The second-order valence-electron chi connectivity index (χ2n) is 3.74. The number of rotatable bonds is 5. The number of nitrogens with one attached hydrogen (secondary N) is 2. The quantitative estimate of drug-likeness (QED) is 0.851. The summed E-state index contributed by atoms with van der Waals surface area (Å²) in [7, 11) is 1.31. The van der Waals surface area contributed by atoms with Crippen molar-refractivity contribution in [1.82, 2.24) is 10.6 Å². The molecule has 1 aromatic rings. The first-order chi connectivity index (χ1) is 9.15. The Morgan fingerprint density at radius 3 is 2.21 bits per heavy atom. The predicted molar refractivity (Wildman–Crippen MR) is 69.5 cm³/mol. The summed E-state index contributed by atoms with van der Waals surface area (Å²) in [6.07, 6.45) is -0.921. The summed E-state index contributed by atoms with van der Waals surface area (Å²) in [5, 5.41) is 5.22. The second kappa shape index (κ2) is 7.97. The van der Waals surface area contributed by atoms with E-state index in [1.54, 1.807) is 6.92 Å². The Bertz CT molecular complexity index is 434. The van der Waals surface area contributed by atoms with Gasteiger partial charge in [0.2, 0.25) is 0 Å². The number of ether oxygens (including phenoxy) is 2. The van der Waals surface area contributed by atoms with E-state index in [1.807, 2.05) is 24.3 Å². The van der Waals surface area contributed by atoms with Crippen molar-refractivity contribution in [2.75, 3.05) is 13.7 Å². The minimum Gasteiger partial charge on any atom is -0.453 e. The summed E-state index contributed by atoms with van der Waals surface area (Å²) in [5.74, 6) is 0. The van der Waals surface area contributed by atoms with Crippen molar-refractivity contribution in [2.45, 2.75) is 20.0 Å². The first kappa shape index (κ1) is 14.8. The third-order valence-electron chi connectivity index (χ3n) is 2.33. The molecular weight excluding hydrogens is 248 g/mol. The van der Waals surface area contributed by atoms with Crippen LogP contribution in [0.4, 0.5) is 9.59 Å². The zero-order valence-electron chi connectivity index (χ0n) is 11.1. The fourth-order valence-electron chi connectivity index (χ4n) is 1.45. The lowest BCUT2D eigenvalue weighted by atomic mass is 10.1. The summed E-state index contributed by atoms with van der Waals surface area (Å²) < 4.78 is 9.25. The third-order valence-corrected chi connectivity index (χ3v) is 2.33. The molecule has 6 nitrogen and oxygen atoms in total. The van der Waals surface area contributed by atoms with Gasteiger partial charge in [-0.25, -0.2) is 9.59 Å². The SMILES string of the molecule is CCOC(=O)NCc1cccc(CNC(=O)OC)c1. The van der Waals surface area contributed by atoms with E-state index < -0.39 is 12.2 Å². The van der Waals surface area contributed by atoms with Gasteiger partial charge in [0, 0.05) is 13.1 Å². The third kappa shape index (κ3) is 5.76. The highest BCUT2D eigenvalue weighted by Gasteiger charge is 2.02. The molecule has 19 heavy (non-hydrogen) atoms. The molecule has 0 spiro atoms. The van der Waals surface area contributed by atoms with Crippen LogP contribution in [0, 0.1) is 0 Å². The van der Waals surface area contributed by atoms with Crippen molar-refractivity contribution in [3.63, 3.8) is 0 Å². The Morgan fingerprint density at radius 2 is 1.68 bits per heavy atom. The molecule has 0 aliphatic rings. The summed E-state index contributed by atoms with van der Waals surface area (Å²) in [6, 6.07) is 7.51. The van der Waals surface area contributed by atoms with Gasteiger partial charge in [0.05, 0.1) is 13.7 Å². The Hall–Kier alpha value is -2.24. The van der Waals surface area contributed by atoms with Crippen LogP contribution in [0.5, 0.6) is 0 Å². The molecule has 2 N–H and O–H groups in total. The van der Waals surface area contributed by atoms with Crippen LogP contribution in [-0.4, -0.2) is 25.9 Å². The normalized spacial score (nSPS) is 9.58. The lowest BCUT2D eigenvalue weighted by Crippen LogP contribution is -2.24. The highest BCUT2D eigenvalue weighted by Crippen LogP contribution is 2.05. The molecule has 0 aromatic heterocycles. The maximum absolute atomic E-state index is 11.1. The summed E-state index contributed by atoms with van der Waals surface area (Å²) in [6.45, 7) is 2.85. The zero-order valence-corrected chi connectivity index (χ0v) is 11.1. The van der Waals surface area contributed by atoms with E-state index in [0.29, 0.717) is 19.7 Å². The van der Waals surface area contributed by atoms with Crippen LogP contribution in [0.15, 0.2) is 24.3 Å². The van der Waals surface area contributed by atoms with Crippen LogP contribution >= 0.6 is 0 Å². The summed E-state index contributed by atoms with van der Waals surface area (Å²) in [5.41, 5.74) is 1.85. The number of benzene rings is 1. The van der Waals surface area contributed by atoms with E-state index in [2.05, 4.69) is 15.4 Å². The monoisotopic (exact) mass is 266 g/mol. The molecular formula is C13H18N2O4. The van der Waals surface area contributed by atoms with Crippen molar-refractivity contribution in [2.24, 2.45) is 0 Å². The number of amides is 2. The molecule has 0 atom stereocenters. The number of methoxy groups -OCH3 is 1. The number of carbonyl (C=O) groups excluding carboxylic acids is 2. The van der Waals surface area contributed by atoms with Gasteiger partial charge in [0.15, 0.2) is 0 Å². The van der Waals surface area contributed by atoms with Crippen molar-refractivity contribution < 1.29 is 19.1 Å². The van der Waals surface area contributed by atoms with E-state index >= 15 is 0 Å². The molecule has 0 saturated carbocycles. The lowest BCUT2D eigenvalue weighted by Gasteiger charge is -2.08. The standard InChI is InChI=1S/C13H18N2O4/c1-3-19-13(17)15-9-11-6-4-5-10(7-11)8-14-12(16)18-2/h4-7H,3,8-9H2,1-2H3,(H,14,16)(H,15,17). The maximum atomic E-state index is 11.1. The first-order valence-corrected chi connectivity index (χ1v) is 5.96. The average molecular weight is 266 g/mol. The molecule has 0 aliphatic carbocycles. The van der Waals surface area contributed by atoms with Crippen LogP contribution in [0.3, 0.4) is 0 Å². The fourth-order valence-corrected chi connectivity index (χ4v) is 1.45. The lowest BCUT2D eigenvalue weighted by molar-refractivity contribution is 0.151. The van der Waals surface area contributed by atoms with Gasteiger partial charge >= 0.3 is 12.2 Å². The molecule has 0 heterocycles. The van der Waals surface area contributed by atoms with Crippen molar-refractivity contribution in [1.29, 1.82) is 0 Å². The maximum Gasteiger partial charge on any atom is 0.407 e. The zero-order chi connectivity index (χ0) is 14.1. The minimum atomic E-state index is -0.477. The van der Waals surface area contributed by atoms with Crippen molar-refractivity contribution in [3.8, 4) is 0 Å². The smallest absolute Gasteiger partial charge is 0.407 e. The number of hydrogen-bond donors (Lipinski definition) is 2. The van der Waals surface area contributed by atoms with E-state index in [4.69, 9.17) is 4.74 Å². The average Bonchev–Trinajstić information content (AvgIpc) is 2.43. The number of hydrogen-bond acceptors (Lipinski definition) is 4. The van der Waals surface area contributed by atoms with Crippen LogP contribution in [0.25, 0.3) is 0 Å². The van der Waals surface area contributed by atoms with Gasteiger partial charge < -0.3 is 20.1 Å².